The number of nitrogens with one attached hydrogen (secondary N) is 1. The lowest BCUT2D eigenvalue weighted by Crippen LogP contribution is -2.56. The van der Waals surface area contributed by atoms with Gasteiger partial charge in [-0.05, 0) is 30.1 Å². The SMILES string of the molecule is C[C@@H]1C/C(=N/NC(N)=O)[C@H]2C[C@@H]1C2(C)C. The molecule has 15 heavy (non-hydrogen) atoms. The number of nitrogens with two attached hydrogens (primary N) is 1. The summed E-state index contributed by atoms with van der Waals surface area (Å²) < 4.78 is 0. The molecule has 0 aliphatic heterocycles. The first-order chi connectivity index (χ1) is 6.93. The normalized spacial score (nSPS) is 39.7. The molecule has 4 heteroatoms. The molecule has 0 spiro atoms. The Kier molecular flexibility index (Phi) is 2.24. The number of rotatable bonds is 1. The monoisotopic (exact) mass is 209 g/mol. The van der Waals surface area contributed by atoms with E-state index in [1.165, 1.54) is 6.42 Å². The number of amides is 2. The molecule has 0 aromatic carbocycles. The maximum absolute atomic E-state index is 10.6. The third-order valence-electron chi connectivity index (χ3n) is 4.27. The zero-order valence-electron chi connectivity index (χ0n) is 9.58. The van der Waals surface area contributed by atoms with E-state index in [4.69, 9.17) is 5.73 Å². The van der Waals surface area contributed by atoms with Gasteiger partial charge in [0.25, 0.3) is 0 Å². The second-order valence-electron chi connectivity index (χ2n) is 5.48. The summed E-state index contributed by atoms with van der Waals surface area (Å²) in [6, 6.07) is -0.575. The topological polar surface area (TPSA) is 67.5 Å². The van der Waals surface area contributed by atoms with Gasteiger partial charge in [0.05, 0.1) is 0 Å². The quantitative estimate of drug-likeness (QED) is 0.634. The molecule has 3 aliphatic carbocycles. The highest BCUT2D eigenvalue weighted by atomic mass is 16.2. The fourth-order valence-electron chi connectivity index (χ4n) is 3.36. The van der Waals surface area contributed by atoms with Gasteiger partial charge in [0.1, 0.15) is 0 Å². The van der Waals surface area contributed by atoms with Gasteiger partial charge in [0.15, 0.2) is 0 Å². The molecule has 3 fully saturated rings. The lowest BCUT2D eigenvalue weighted by molar-refractivity contribution is -0.0342. The third kappa shape index (κ3) is 1.52. The zero-order chi connectivity index (χ0) is 11.2. The van der Waals surface area contributed by atoms with Crippen LogP contribution in [0, 0.1) is 23.2 Å². The first-order valence-electron chi connectivity index (χ1n) is 5.55. The summed E-state index contributed by atoms with van der Waals surface area (Å²) in [4.78, 5) is 10.6. The largest absolute Gasteiger partial charge is 0.350 e. The van der Waals surface area contributed by atoms with Crippen LogP contribution in [0.2, 0.25) is 0 Å². The standard InChI is InChI=1S/C11H19N3O/c1-6-4-9(13-14-10(12)15)8-5-7(6)11(8,2)3/h6-8H,4-5H2,1-3H3,(H3,12,14,15)/b13-9-/t6-,7+,8-/m1/s1. The Morgan fingerprint density at radius 2 is 2.27 bits per heavy atom. The van der Waals surface area contributed by atoms with Crippen LogP contribution in [-0.4, -0.2) is 11.7 Å². The summed E-state index contributed by atoms with van der Waals surface area (Å²) in [7, 11) is 0. The van der Waals surface area contributed by atoms with Gasteiger partial charge in [-0.25, -0.2) is 10.2 Å². The Hall–Kier alpha value is -1.06. The fraction of sp³-hybridized carbons (Fsp3) is 0.818. The summed E-state index contributed by atoms with van der Waals surface area (Å²) in [5.74, 6) is 2.01. The molecule has 3 atom stereocenters. The molecule has 3 rings (SSSR count). The first-order valence-corrected chi connectivity index (χ1v) is 5.55. The van der Waals surface area contributed by atoms with Crippen LogP contribution < -0.4 is 11.2 Å². The number of hydrazone groups is 1. The predicted molar refractivity (Wildman–Crippen MR) is 59.3 cm³/mol. The maximum Gasteiger partial charge on any atom is 0.332 e. The molecule has 2 bridgehead atoms. The molecule has 0 saturated heterocycles. The Morgan fingerprint density at radius 1 is 1.60 bits per heavy atom. The molecule has 0 radical (unpaired) electrons. The number of urea groups is 1. The van der Waals surface area contributed by atoms with Crippen molar-refractivity contribution in [1.29, 1.82) is 0 Å². The number of hydrogen-bond donors (Lipinski definition) is 2. The number of carbonyl (C=O) groups is 1. The van der Waals surface area contributed by atoms with Gasteiger partial charge in [-0.3, -0.25) is 0 Å². The lowest BCUT2D eigenvalue weighted by Gasteiger charge is -2.59. The number of primary amides is 1. The smallest absolute Gasteiger partial charge is 0.332 e. The van der Waals surface area contributed by atoms with E-state index in [0.29, 0.717) is 17.3 Å². The van der Waals surface area contributed by atoms with Gasteiger partial charge in [0, 0.05) is 11.6 Å². The second kappa shape index (κ2) is 3.22. The molecule has 84 valence electrons. The highest BCUT2D eigenvalue weighted by molar-refractivity contribution is 5.91. The Bertz CT molecular complexity index is 322. The number of fused-ring (bicyclic) bond motifs is 2. The van der Waals surface area contributed by atoms with E-state index in [1.807, 2.05) is 0 Å². The predicted octanol–water partition coefficient (Wildman–Crippen LogP) is 1.71. The highest BCUT2D eigenvalue weighted by Crippen LogP contribution is 2.59. The van der Waals surface area contributed by atoms with E-state index in [2.05, 4.69) is 31.3 Å². The summed E-state index contributed by atoms with van der Waals surface area (Å²) in [5, 5.41) is 4.14. The minimum Gasteiger partial charge on any atom is -0.350 e. The Labute approximate surface area is 90.3 Å². The highest BCUT2D eigenvalue weighted by Gasteiger charge is 2.56. The van der Waals surface area contributed by atoms with Gasteiger partial charge in [-0.2, -0.15) is 5.10 Å². The van der Waals surface area contributed by atoms with E-state index in [0.717, 1.165) is 18.1 Å². The molecule has 0 aromatic rings. The van der Waals surface area contributed by atoms with Crippen molar-refractivity contribution in [3.05, 3.63) is 0 Å². The number of nitrogens with zero attached hydrogens (tertiary/aromatic N) is 1. The van der Waals surface area contributed by atoms with Crippen molar-refractivity contribution in [2.75, 3.05) is 0 Å². The summed E-state index contributed by atoms with van der Waals surface area (Å²) in [6.07, 6.45) is 2.21. The zero-order valence-corrected chi connectivity index (χ0v) is 9.58. The molecular weight excluding hydrogens is 190 g/mol. The molecule has 3 aliphatic rings. The molecule has 3 saturated carbocycles. The van der Waals surface area contributed by atoms with Crippen molar-refractivity contribution >= 4 is 11.7 Å². The van der Waals surface area contributed by atoms with Crippen LogP contribution >= 0.6 is 0 Å². The molecule has 3 N–H and O–H groups in total. The van der Waals surface area contributed by atoms with Crippen molar-refractivity contribution in [1.82, 2.24) is 5.43 Å². The molecule has 4 nitrogen and oxygen atoms in total. The number of carbonyl (C=O) groups excluding carboxylic acids is 1. The van der Waals surface area contributed by atoms with Crippen LogP contribution in [0.1, 0.15) is 33.6 Å². The summed E-state index contributed by atoms with van der Waals surface area (Å²) in [6.45, 7) is 6.85. The fourth-order valence-corrected chi connectivity index (χ4v) is 3.36. The molecular formula is C11H19N3O. The van der Waals surface area contributed by atoms with Crippen molar-refractivity contribution in [3.63, 3.8) is 0 Å². The Morgan fingerprint density at radius 3 is 2.73 bits per heavy atom. The molecule has 0 unspecified atom stereocenters. The van der Waals surface area contributed by atoms with E-state index < -0.39 is 6.03 Å². The minimum atomic E-state index is -0.575. The minimum absolute atomic E-state index is 0.343. The molecule has 2 amide bonds. The van der Waals surface area contributed by atoms with Gasteiger partial charge in [-0.15, -0.1) is 0 Å². The van der Waals surface area contributed by atoms with Crippen LogP contribution in [0.3, 0.4) is 0 Å². The van der Waals surface area contributed by atoms with E-state index in [1.54, 1.807) is 0 Å². The van der Waals surface area contributed by atoms with Gasteiger partial charge < -0.3 is 5.73 Å². The van der Waals surface area contributed by atoms with E-state index >= 15 is 0 Å². The number of hydrogen-bond acceptors (Lipinski definition) is 2. The second-order valence-corrected chi connectivity index (χ2v) is 5.48. The molecule has 0 heterocycles. The third-order valence-corrected chi connectivity index (χ3v) is 4.27. The van der Waals surface area contributed by atoms with Gasteiger partial charge in [-0.1, -0.05) is 20.8 Å². The van der Waals surface area contributed by atoms with Gasteiger partial charge in [0.2, 0.25) is 0 Å². The van der Waals surface area contributed by atoms with E-state index in [9.17, 15) is 4.79 Å². The summed E-state index contributed by atoms with van der Waals surface area (Å²) in [5.41, 5.74) is 8.83. The average Bonchev–Trinajstić information content (AvgIpc) is 2.13. The lowest BCUT2D eigenvalue weighted by atomic mass is 9.45. The Balaban J connectivity index is 2.14. The maximum atomic E-state index is 10.6. The van der Waals surface area contributed by atoms with Crippen molar-refractivity contribution in [3.8, 4) is 0 Å². The van der Waals surface area contributed by atoms with Crippen LogP contribution in [0.4, 0.5) is 4.79 Å². The van der Waals surface area contributed by atoms with Crippen LogP contribution in [0.15, 0.2) is 5.10 Å². The summed E-state index contributed by atoms with van der Waals surface area (Å²) >= 11 is 0. The van der Waals surface area contributed by atoms with Crippen molar-refractivity contribution in [2.24, 2.45) is 34.0 Å². The van der Waals surface area contributed by atoms with Crippen molar-refractivity contribution < 1.29 is 4.79 Å². The van der Waals surface area contributed by atoms with E-state index in [-0.39, 0.29) is 0 Å². The van der Waals surface area contributed by atoms with Crippen LogP contribution in [0.25, 0.3) is 0 Å². The molecule has 0 aromatic heterocycles. The van der Waals surface area contributed by atoms with Crippen LogP contribution in [0.5, 0.6) is 0 Å². The van der Waals surface area contributed by atoms with Crippen LogP contribution in [-0.2, 0) is 0 Å². The van der Waals surface area contributed by atoms with Gasteiger partial charge >= 0.3 is 6.03 Å². The first kappa shape index (κ1) is 10.5. The average molecular weight is 209 g/mol. The van der Waals surface area contributed by atoms with Crippen molar-refractivity contribution in [2.45, 2.75) is 33.6 Å².